The monoisotopic (exact) mass is 374 g/mol. The summed E-state index contributed by atoms with van der Waals surface area (Å²) in [5.74, 6) is 0.347. The summed E-state index contributed by atoms with van der Waals surface area (Å²) < 4.78 is 4.73. The van der Waals surface area contributed by atoms with Gasteiger partial charge in [-0.3, -0.25) is 9.78 Å². The Labute approximate surface area is 161 Å². The highest BCUT2D eigenvalue weighted by Crippen LogP contribution is 2.28. The highest BCUT2D eigenvalue weighted by Gasteiger charge is 2.27. The Kier molecular flexibility index (Phi) is 6.90. The van der Waals surface area contributed by atoms with Crippen molar-refractivity contribution in [2.75, 3.05) is 38.2 Å². The molecule has 0 radical (unpaired) electrons. The van der Waals surface area contributed by atoms with Crippen molar-refractivity contribution in [2.24, 2.45) is 5.92 Å². The quantitative estimate of drug-likeness (QED) is 0.801. The number of urea groups is 1. The summed E-state index contributed by atoms with van der Waals surface area (Å²) in [5.41, 5.74) is 1.16. The number of nitrogens with zero attached hydrogens (tertiary/aromatic N) is 3. The molecule has 1 saturated heterocycles. The van der Waals surface area contributed by atoms with Gasteiger partial charge in [0.15, 0.2) is 0 Å². The number of pyridine rings is 1. The molecule has 7 nitrogen and oxygen atoms in total. The fourth-order valence-electron chi connectivity index (χ4n) is 4.10. The molecule has 2 unspecified atom stereocenters. The molecule has 3 rings (SSSR count). The van der Waals surface area contributed by atoms with Crippen LogP contribution in [0.1, 0.15) is 38.5 Å². The van der Waals surface area contributed by atoms with Crippen LogP contribution in [0.2, 0.25) is 0 Å². The lowest BCUT2D eigenvalue weighted by Gasteiger charge is -2.37. The van der Waals surface area contributed by atoms with Gasteiger partial charge in [0.05, 0.1) is 7.11 Å². The van der Waals surface area contributed by atoms with Gasteiger partial charge in [-0.05, 0) is 37.3 Å². The predicted molar refractivity (Wildman–Crippen MR) is 104 cm³/mol. The number of carbonyl (C=O) groups excluding carboxylic acids is 2. The summed E-state index contributed by atoms with van der Waals surface area (Å²) in [5, 5.41) is 3.22. The molecule has 27 heavy (non-hydrogen) atoms. The van der Waals surface area contributed by atoms with Gasteiger partial charge in [0.25, 0.3) is 0 Å². The number of anilines is 1. The molecule has 0 aromatic carbocycles. The molecule has 1 aromatic rings. The third kappa shape index (κ3) is 5.58. The molecule has 1 aliphatic heterocycles. The lowest BCUT2D eigenvalue weighted by Crippen LogP contribution is -2.54. The van der Waals surface area contributed by atoms with Crippen LogP contribution in [0.25, 0.3) is 0 Å². The summed E-state index contributed by atoms with van der Waals surface area (Å²) in [6.45, 7) is 3.13. The molecule has 2 aliphatic rings. The summed E-state index contributed by atoms with van der Waals surface area (Å²) >= 11 is 0. The summed E-state index contributed by atoms with van der Waals surface area (Å²) in [7, 11) is 1.43. The van der Waals surface area contributed by atoms with E-state index in [2.05, 4.69) is 15.2 Å². The van der Waals surface area contributed by atoms with Crippen LogP contribution in [-0.4, -0.2) is 61.2 Å². The zero-order valence-corrected chi connectivity index (χ0v) is 16.1. The first-order chi connectivity index (χ1) is 13.2. The second kappa shape index (κ2) is 9.58. The minimum atomic E-state index is -0.145. The van der Waals surface area contributed by atoms with Crippen molar-refractivity contribution < 1.29 is 14.3 Å². The Morgan fingerprint density at radius 1 is 1.19 bits per heavy atom. The van der Waals surface area contributed by atoms with Crippen molar-refractivity contribution in [3.63, 3.8) is 0 Å². The van der Waals surface area contributed by atoms with Crippen molar-refractivity contribution in [3.8, 4) is 0 Å². The molecule has 1 aromatic heterocycles. The minimum Gasteiger partial charge on any atom is -0.469 e. The molecule has 1 N–H and O–H groups in total. The highest BCUT2D eigenvalue weighted by molar-refractivity contribution is 5.75. The van der Waals surface area contributed by atoms with E-state index in [1.807, 2.05) is 17.0 Å². The molecule has 2 atom stereocenters. The average molecular weight is 374 g/mol. The van der Waals surface area contributed by atoms with E-state index in [0.717, 1.165) is 64.0 Å². The van der Waals surface area contributed by atoms with Gasteiger partial charge in [0, 0.05) is 56.7 Å². The number of aromatic nitrogens is 1. The van der Waals surface area contributed by atoms with Crippen LogP contribution < -0.4 is 10.2 Å². The van der Waals surface area contributed by atoms with E-state index in [1.54, 1.807) is 12.4 Å². The van der Waals surface area contributed by atoms with Gasteiger partial charge in [-0.1, -0.05) is 12.8 Å². The Bertz CT molecular complexity index is 617. The van der Waals surface area contributed by atoms with Gasteiger partial charge >= 0.3 is 12.0 Å². The number of rotatable bonds is 5. The van der Waals surface area contributed by atoms with Crippen LogP contribution in [0, 0.1) is 5.92 Å². The number of ether oxygens (including phenoxy) is 1. The van der Waals surface area contributed by atoms with E-state index < -0.39 is 0 Å². The zero-order chi connectivity index (χ0) is 19.1. The van der Waals surface area contributed by atoms with Crippen LogP contribution in [0.3, 0.4) is 0 Å². The Morgan fingerprint density at radius 3 is 2.63 bits per heavy atom. The largest absolute Gasteiger partial charge is 0.469 e. The molecule has 1 aliphatic carbocycles. The average Bonchev–Trinajstić information content (AvgIpc) is 2.73. The van der Waals surface area contributed by atoms with Crippen LogP contribution in [0.5, 0.6) is 0 Å². The van der Waals surface area contributed by atoms with Gasteiger partial charge < -0.3 is 19.9 Å². The molecular formula is C20H30N4O3. The van der Waals surface area contributed by atoms with Gasteiger partial charge in [-0.2, -0.15) is 0 Å². The topological polar surface area (TPSA) is 74.8 Å². The van der Waals surface area contributed by atoms with Crippen molar-refractivity contribution in [3.05, 3.63) is 24.5 Å². The summed E-state index contributed by atoms with van der Waals surface area (Å²) in [6.07, 6.45) is 9.14. The van der Waals surface area contributed by atoms with Crippen LogP contribution in [0.15, 0.2) is 24.5 Å². The molecule has 2 fully saturated rings. The van der Waals surface area contributed by atoms with Gasteiger partial charge in [-0.15, -0.1) is 0 Å². The second-order valence-electron chi connectivity index (χ2n) is 7.47. The maximum absolute atomic E-state index is 12.6. The summed E-state index contributed by atoms with van der Waals surface area (Å²) in [6, 6.07) is 4.27. The van der Waals surface area contributed by atoms with Crippen molar-refractivity contribution >= 4 is 17.7 Å². The Hall–Kier alpha value is -2.31. The number of hydrogen-bond acceptors (Lipinski definition) is 5. The molecule has 7 heteroatoms. The molecule has 0 bridgehead atoms. The number of hydrogen-bond donors (Lipinski definition) is 1. The minimum absolute atomic E-state index is 0.0444. The first-order valence-electron chi connectivity index (χ1n) is 9.93. The number of carbonyl (C=O) groups is 2. The lowest BCUT2D eigenvalue weighted by molar-refractivity contribution is -0.141. The summed E-state index contributed by atoms with van der Waals surface area (Å²) in [4.78, 5) is 32.2. The number of piperazine rings is 1. The van der Waals surface area contributed by atoms with Crippen molar-refractivity contribution in [1.82, 2.24) is 15.2 Å². The fourth-order valence-corrected chi connectivity index (χ4v) is 4.10. The van der Waals surface area contributed by atoms with Crippen LogP contribution in [0.4, 0.5) is 10.5 Å². The molecule has 2 heterocycles. The first-order valence-corrected chi connectivity index (χ1v) is 9.93. The van der Waals surface area contributed by atoms with Crippen LogP contribution >= 0.6 is 0 Å². The number of nitrogens with one attached hydrogen (secondary N) is 1. The van der Waals surface area contributed by atoms with Gasteiger partial charge in [-0.25, -0.2) is 4.79 Å². The zero-order valence-electron chi connectivity index (χ0n) is 16.1. The molecule has 148 valence electrons. The van der Waals surface area contributed by atoms with E-state index in [0.29, 0.717) is 12.3 Å². The lowest BCUT2D eigenvalue weighted by atomic mass is 9.83. The number of esters is 1. The number of methoxy groups -OCH3 is 1. The molecule has 2 amide bonds. The van der Waals surface area contributed by atoms with E-state index in [9.17, 15) is 9.59 Å². The Balaban J connectivity index is 1.42. The van der Waals surface area contributed by atoms with E-state index >= 15 is 0 Å². The first kappa shape index (κ1) is 19.5. The predicted octanol–water partition coefficient (Wildman–Crippen LogP) is 2.43. The standard InChI is InChI=1S/C20H30N4O3/c1-27-19(25)6-5-16-3-2-4-17(15-16)22-20(26)24-13-11-23(12-14-24)18-7-9-21-10-8-18/h7-10,16-17H,2-6,11-15H2,1H3,(H,22,26). The van der Waals surface area contributed by atoms with Crippen molar-refractivity contribution in [2.45, 2.75) is 44.6 Å². The molecule has 0 spiro atoms. The third-order valence-electron chi connectivity index (χ3n) is 5.69. The molecular weight excluding hydrogens is 344 g/mol. The normalized spacial score (nSPS) is 23.0. The van der Waals surface area contributed by atoms with Gasteiger partial charge in [0.2, 0.25) is 0 Å². The van der Waals surface area contributed by atoms with Crippen molar-refractivity contribution in [1.29, 1.82) is 0 Å². The third-order valence-corrected chi connectivity index (χ3v) is 5.69. The van der Waals surface area contributed by atoms with E-state index in [1.165, 1.54) is 7.11 Å². The maximum atomic E-state index is 12.6. The SMILES string of the molecule is COC(=O)CCC1CCCC(NC(=O)N2CCN(c3ccncc3)CC2)C1. The highest BCUT2D eigenvalue weighted by atomic mass is 16.5. The fraction of sp³-hybridized carbons (Fsp3) is 0.650. The maximum Gasteiger partial charge on any atom is 0.317 e. The van der Waals surface area contributed by atoms with Crippen LogP contribution in [-0.2, 0) is 9.53 Å². The Morgan fingerprint density at radius 2 is 1.93 bits per heavy atom. The van der Waals surface area contributed by atoms with E-state index in [4.69, 9.17) is 4.74 Å². The number of amides is 2. The second-order valence-corrected chi connectivity index (χ2v) is 7.47. The van der Waals surface area contributed by atoms with E-state index in [-0.39, 0.29) is 18.0 Å². The van der Waals surface area contributed by atoms with Gasteiger partial charge in [0.1, 0.15) is 0 Å². The molecule has 1 saturated carbocycles. The smallest absolute Gasteiger partial charge is 0.317 e.